The maximum absolute atomic E-state index is 13.3. The molecular weight excluding hydrogens is 257 g/mol. The van der Waals surface area contributed by atoms with Crippen LogP contribution in [-0.4, -0.2) is 12.5 Å². The molecule has 0 heterocycles. The summed E-state index contributed by atoms with van der Waals surface area (Å²) in [4.78, 5) is 13.0. The topological polar surface area (TPSA) is 72.3 Å². The zero-order valence-corrected chi connectivity index (χ0v) is 11.1. The number of carbonyl (C=O) groups is 1. The van der Waals surface area contributed by atoms with Crippen LogP contribution in [0, 0.1) is 5.82 Å². The Balaban J connectivity index is 2.44. The number of benzene rings is 2. The second kappa shape index (κ2) is 5.61. The molecular formula is C15H16FN3O. The Bertz CT molecular complexity index is 643. The zero-order valence-electron chi connectivity index (χ0n) is 11.1. The monoisotopic (exact) mass is 273 g/mol. The highest BCUT2D eigenvalue weighted by Gasteiger charge is 2.12. The van der Waals surface area contributed by atoms with E-state index < -0.39 is 5.91 Å². The van der Waals surface area contributed by atoms with Crippen LogP contribution in [0.3, 0.4) is 0 Å². The van der Waals surface area contributed by atoms with Crippen molar-refractivity contribution in [3.8, 4) is 0 Å². The van der Waals surface area contributed by atoms with E-state index in [0.29, 0.717) is 29.2 Å². The first-order chi connectivity index (χ1) is 9.52. The van der Waals surface area contributed by atoms with E-state index in [4.69, 9.17) is 11.5 Å². The van der Waals surface area contributed by atoms with E-state index in [1.54, 1.807) is 24.3 Å². The molecule has 104 valence electrons. The molecule has 0 fully saturated rings. The number of carbonyl (C=O) groups excluding carboxylic acids is 1. The summed E-state index contributed by atoms with van der Waals surface area (Å²) in [6.07, 6.45) is 0. The Kier molecular flexibility index (Phi) is 3.89. The van der Waals surface area contributed by atoms with Gasteiger partial charge in [0.25, 0.3) is 0 Å². The molecule has 0 aromatic heterocycles. The van der Waals surface area contributed by atoms with Gasteiger partial charge in [0.1, 0.15) is 5.82 Å². The molecule has 0 saturated heterocycles. The van der Waals surface area contributed by atoms with Gasteiger partial charge in [-0.3, -0.25) is 4.79 Å². The molecule has 5 heteroatoms. The van der Waals surface area contributed by atoms with Gasteiger partial charge in [-0.1, -0.05) is 6.07 Å². The molecule has 0 atom stereocenters. The maximum atomic E-state index is 13.3. The minimum atomic E-state index is -0.531. The SMILES string of the molecule is CCN(c1cccc(F)c1)c1ccc(C(N)=O)cc1N. The minimum Gasteiger partial charge on any atom is -0.397 e. The molecule has 0 spiro atoms. The standard InChI is InChI=1S/C15H16FN3O/c1-2-19(12-5-3-4-11(16)9-12)14-7-6-10(15(18)20)8-13(14)17/h3-9H,2,17H2,1H3,(H2,18,20). The summed E-state index contributed by atoms with van der Waals surface area (Å²) in [7, 11) is 0. The third kappa shape index (κ3) is 2.71. The van der Waals surface area contributed by atoms with Gasteiger partial charge in [0.2, 0.25) is 5.91 Å². The lowest BCUT2D eigenvalue weighted by molar-refractivity contribution is 0.100. The van der Waals surface area contributed by atoms with Gasteiger partial charge in [0.05, 0.1) is 11.4 Å². The van der Waals surface area contributed by atoms with Crippen molar-refractivity contribution in [1.82, 2.24) is 0 Å². The number of hydrogen-bond acceptors (Lipinski definition) is 3. The van der Waals surface area contributed by atoms with Crippen molar-refractivity contribution in [3.63, 3.8) is 0 Å². The fourth-order valence-corrected chi connectivity index (χ4v) is 2.09. The first kappa shape index (κ1) is 13.9. The van der Waals surface area contributed by atoms with Crippen molar-refractivity contribution in [1.29, 1.82) is 0 Å². The minimum absolute atomic E-state index is 0.312. The lowest BCUT2D eigenvalue weighted by atomic mass is 10.1. The highest BCUT2D eigenvalue weighted by Crippen LogP contribution is 2.31. The molecule has 2 rings (SSSR count). The van der Waals surface area contributed by atoms with E-state index in [1.807, 2.05) is 11.8 Å². The Morgan fingerprint density at radius 1 is 1.25 bits per heavy atom. The number of hydrogen-bond donors (Lipinski definition) is 2. The van der Waals surface area contributed by atoms with Gasteiger partial charge in [-0.25, -0.2) is 4.39 Å². The molecule has 1 amide bonds. The summed E-state index contributed by atoms with van der Waals surface area (Å²) in [5, 5.41) is 0. The first-order valence-electron chi connectivity index (χ1n) is 6.25. The molecule has 4 N–H and O–H groups in total. The number of halogens is 1. The Morgan fingerprint density at radius 3 is 2.55 bits per heavy atom. The number of anilines is 3. The molecule has 0 aliphatic heterocycles. The second-order valence-electron chi connectivity index (χ2n) is 4.36. The summed E-state index contributed by atoms with van der Waals surface area (Å²) >= 11 is 0. The van der Waals surface area contributed by atoms with Crippen molar-refractivity contribution >= 4 is 23.0 Å². The molecule has 2 aromatic rings. The second-order valence-corrected chi connectivity index (χ2v) is 4.36. The van der Waals surface area contributed by atoms with Crippen LogP contribution in [0.25, 0.3) is 0 Å². The fraction of sp³-hybridized carbons (Fsp3) is 0.133. The van der Waals surface area contributed by atoms with Crippen LogP contribution in [0.15, 0.2) is 42.5 Å². The highest BCUT2D eigenvalue weighted by atomic mass is 19.1. The van der Waals surface area contributed by atoms with E-state index >= 15 is 0 Å². The summed E-state index contributed by atoms with van der Waals surface area (Å²) in [6, 6.07) is 11.1. The summed E-state index contributed by atoms with van der Waals surface area (Å²) in [6.45, 7) is 2.55. The summed E-state index contributed by atoms with van der Waals surface area (Å²) in [5.74, 6) is -0.842. The van der Waals surface area contributed by atoms with Gasteiger partial charge in [0.15, 0.2) is 0 Å². The van der Waals surface area contributed by atoms with Crippen LogP contribution >= 0.6 is 0 Å². The normalized spacial score (nSPS) is 10.3. The fourth-order valence-electron chi connectivity index (χ4n) is 2.09. The lowest BCUT2D eigenvalue weighted by Gasteiger charge is -2.25. The van der Waals surface area contributed by atoms with Gasteiger partial charge < -0.3 is 16.4 Å². The third-order valence-electron chi connectivity index (χ3n) is 3.04. The Labute approximate surface area is 116 Å². The Hall–Kier alpha value is -2.56. The largest absolute Gasteiger partial charge is 0.397 e. The van der Waals surface area contributed by atoms with Crippen molar-refractivity contribution in [2.45, 2.75) is 6.92 Å². The summed E-state index contributed by atoms with van der Waals surface area (Å²) in [5.41, 5.74) is 13.4. The predicted molar refractivity (Wildman–Crippen MR) is 78.5 cm³/mol. The molecule has 0 unspecified atom stereocenters. The van der Waals surface area contributed by atoms with Crippen molar-refractivity contribution in [3.05, 3.63) is 53.8 Å². The molecule has 2 aromatic carbocycles. The van der Waals surface area contributed by atoms with E-state index in [-0.39, 0.29) is 5.82 Å². The Morgan fingerprint density at radius 2 is 2.00 bits per heavy atom. The zero-order chi connectivity index (χ0) is 14.7. The molecule has 0 aliphatic carbocycles. The van der Waals surface area contributed by atoms with Gasteiger partial charge in [-0.15, -0.1) is 0 Å². The quantitative estimate of drug-likeness (QED) is 0.841. The van der Waals surface area contributed by atoms with Crippen LogP contribution in [-0.2, 0) is 0 Å². The van der Waals surface area contributed by atoms with Crippen LogP contribution in [0.4, 0.5) is 21.5 Å². The van der Waals surface area contributed by atoms with E-state index in [0.717, 1.165) is 0 Å². The smallest absolute Gasteiger partial charge is 0.248 e. The number of amides is 1. The van der Waals surface area contributed by atoms with E-state index in [9.17, 15) is 9.18 Å². The van der Waals surface area contributed by atoms with Crippen LogP contribution in [0.2, 0.25) is 0 Å². The molecule has 0 saturated carbocycles. The van der Waals surface area contributed by atoms with E-state index in [2.05, 4.69) is 0 Å². The third-order valence-corrected chi connectivity index (χ3v) is 3.04. The molecule has 0 bridgehead atoms. The highest BCUT2D eigenvalue weighted by molar-refractivity contribution is 5.95. The van der Waals surface area contributed by atoms with Crippen molar-refractivity contribution < 1.29 is 9.18 Å². The molecule has 0 radical (unpaired) electrons. The average Bonchev–Trinajstić information content (AvgIpc) is 2.41. The molecule has 0 aliphatic rings. The van der Waals surface area contributed by atoms with Crippen LogP contribution in [0.1, 0.15) is 17.3 Å². The average molecular weight is 273 g/mol. The van der Waals surface area contributed by atoms with Gasteiger partial charge in [0, 0.05) is 17.8 Å². The van der Waals surface area contributed by atoms with Crippen molar-refractivity contribution in [2.75, 3.05) is 17.2 Å². The van der Waals surface area contributed by atoms with Gasteiger partial charge in [-0.2, -0.15) is 0 Å². The number of rotatable bonds is 4. The van der Waals surface area contributed by atoms with Gasteiger partial charge >= 0.3 is 0 Å². The molecule has 4 nitrogen and oxygen atoms in total. The number of nitrogens with two attached hydrogens (primary N) is 2. The first-order valence-corrected chi connectivity index (χ1v) is 6.25. The molecule has 20 heavy (non-hydrogen) atoms. The predicted octanol–water partition coefficient (Wildman–Crippen LogP) is 2.66. The summed E-state index contributed by atoms with van der Waals surface area (Å²) < 4.78 is 13.3. The van der Waals surface area contributed by atoms with E-state index in [1.165, 1.54) is 18.2 Å². The van der Waals surface area contributed by atoms with Crippen LogP contribution < -0.4 is 16.4 Å². The van der Waals surface area contributed by atoms with Crippen LogP contribution in [0.5, 0.6) is 0 Å². The number of nitrogens with zero attached hydrogens (tertiary/aromatic N) is 1. The maximum Gasteiger partial charge on any atom is 0.248 e. The number of primary amides is 1. The van der Waals surface area contributed by atoms with Crippen molar-refractivity contribution in [2.24, 2.45) is 5.73 Å². The number of nitrogen functional groups attached to an aromatic ring is 1. The van der Waals surface area contributed by atoms with Gasteiger partial charge in [-0.05, 0) is 43.3 Å². The lowest BCUT2D eigenvalue weighted by Crippen LogP contribution is -2.18.